The van der Waals surface area contributed by atoms with Gasteiger partial charge in [-0.05, 0) is 64.2 Å². The fraction of sp³-hybridized carbons (Fsp3) is 0.873. The van der Waals surface area contributed by atoms with Gasteiger partial charge in [0.15, 0.2) is 6.10 Å². The molecule has 0 saturated carbocycles. The molecule has 0 rings (SSSR count). The van der Waals surface area contributed by atoms with Crippen LogP contribution in [0.15, 0.2) is 24.3 Å². The van der Waals surface area contributed by atoms with Crippen molar-refractivity contribution in [1.29, 1.82) is 0 Å². The average Bonchev–Trinajstić information content (AvgIpc) is 3.26. The fourth-order valence-corrected chi connectivity index (χ4v) is 7.83. The van der Waals surface area contributed by atoms with Crippen molar-refractivity contribution in [2.45, 2.75) is 297 Å². The lowest BCUT2D eigenvalue weighted by atomic mass is 10.0. The summed E-state index contributed by atoms with van der Waals surface area (Å²) in [6.07, 6.45) is 57.4. The molecule has 0 aliphatic rings. The van der Waals surface area contributed by atoms with Crippen LogP contribution in [-0.4, -0.2) is 37.2 Å². The summed E-state index contributed by atoms with van der Waals surface area (Å²) in [7, 11) is 0. The average molecular weight is 859 g/mol. The molecule has 0 N–H and O–H groups in total. The van der Waals surface area contributed by atoms with Crippen molar-refractivity contribution in [2.75, 3.05) is 13.2 Å². The minimum Gasteiger partial charge on any atom is -0.462 e. The maximum Gasteiger partial charge on any atom is 0.306 e. The molecule has 0 heterocycles. The van der Waals surface area contributed by atoms with Crippen molar-refractivity contribution in [3.8, 4) is 0 Å². The Labute approximate surface area is 379 Å². The minimum atomic E-state index is -0.773. The maximum atomic E-state index is 12.8. The number of allylic oxidation sites excluding steroid dienone is 4. The SMILES string of the molecule is CCCC/C=C/CCCCCCCC(=O)OC[C@H](COC(=O)CCCCCCCCCCCCCCCCCCCCC)OC(=O)CCCCCCC/C=C/CCCCCC. The molecule has 0 radical (unpaired) electrons. The summed E-state index contributed by atoms with van der Waals surface area (Å²) < 4.78 is 16.8. The molecule has 0 spiro atoms. The fourth-order valence-electron chi connectivity index (χ4n) is 7.83. The van der Waals surface area contributed by atoms with Gasteiger partial charge in [0.05, 0.1) is 0 Å². The Morgan fingerprint density at radius 1 is 0.311 bits per heavy atom. The Bertz CT molecular complexity index is 989. The van der Waals surface area contributed by atoms with Crippen LogP contribution in [-0.2, 0) is 28.6 Å². The van der Waals surface area contributed by atoms with Crippen LogP contribution in [0.5, 0.6) is 0 Å². The van der Waals surface area contributed by atoms with Gasteiger partial charge >= 0.3 is 17.9 Å². The normalized spacial score (nSPS) is 12.1. The van der Waals surface area contributed by atoms with E-state index in [9.17, 15) is 14.4 Å². The van der Waals surface area contributed by atoms with Crippen molar-refractivity contribution in [2.24, 2.45) is 0 Å². The van der Waals surface area contributed by atoms with E-state index in [-0.39, 0.29) is 31.1 Å². The number of hydrogen-bond acceptors (Lipinski definition) is 6. The molecule has 0 fully saturated rings. The van der Waals surface area contributed by atoms with E-state index in [4.69, 9.17) is 14.2 Å². The molecule has 61 heavy (non-hydrogen) atoms. The predicted octanol–water partition coefficient (Wildman–Crippen LogP) is 17.5. The largest absolute Gasteiger partial charge is 0.462 e. The standard InChI is InChI=1S/C55H102O6/c1-4-7-10-13-16-19-22-24-25-26-27-28-29-31-33-36-39-42-45-48-54(57)60-51-52(50-59-53(56)47-44-41-38-35-32-21-18-15-12-9-6-3)61-55(58)49-46-43-40-37-34-30-23-20-17-14-11-8-5-2/h15,18,20,23,52H,4-14,16-17,19,21-22,24-51H2,1-3H3/b18-15+,23-20+/t52-/m1/s1. The van der Waals surface area contributed by atoms with Crippen LogP contribution < -0.4 is 0 Å². The van der Waals surface area contributed by atoms with Crippen LogP contribution >= 0.6 is 0 Å². The molecule has 0 aliphatic heterocycles. The van der Waals surface area contributed by atoms with Gasteiger partial charge < -0.3 is 14.2 Å². The maximum absolute atomic E-state index is 12.8. The zero-order valence-corrected chi connectivity index (χ0v) is 40.9. The topological polar surface area (TPSA) is 78.9 Å². The zero-order valence-electron chi connectivity index (χ0n) is 40.9. The summed E-state index contributed by atoms with van der Waals surface area (Å²) >= 11 is 0. The Balaban J connectivity index is 4.28. The lowest BCUT2D eigenvalue weighted by molar-refractivity contribution is -0.167. The first kappa shape index (κ1) is 58.9. The van der Waals surface area contributed by atoms with Crippen LogP contribution in [0.4, 0.5) is 0 Å². The third-order valence-corrected chi connectivity index (χ3v) is 11.9. The van der Waals surface area contributed by atoms with E-state index in [1.165, 1.54) is 180 Å². The summed E-state index contributed by atoms with van der Waals surface area (Å²) in [6, 6.07) is 0. The molecule has 6 heteroatoms. The molecule has 358 valence electrons. The van der Waals surface area contributed by atoms with Gasteiger partial charge in [-0.3, -0.25) is 14.4 Å². The van der Waals surface area contributed by atoms with Crippen LogP contribution in [0.25, 0.3) is 0 Å². The van der Waals surface area contributed by atoms with Crippen LogP contribution in [0.1, 0.15) is 290 Å². The molecule has 0 aromatic rings. The molecule has 0 bridgehead atoms. The highest BCUT2D eigenvalue weighted by molar-refractivity contribution is 5.71. The van der Waals surface area contributed by atoms with Crippen molar-refractivity contribution in [3.63, 3.8) is 0 Å². The Morgan fingerprint density at radius 2 is 0.557 bits per heavy atom. The van der Waals surface area contributed by atoms with Gasteiger partial charge in [-0.15, -0.1) is 0 Å². The van der Waals surface area contributed by atoms with Gasteiger partial charge in [-0.2, -0.15) is 0 Å². The molecule has 0 aliphatic carbocycles. The van der Waals surface area contributed by atoms with E-state index in [1.54, 1.807) is 0 Å². The van der Waals surface area contributed by atoms with Crippen LogP contribution in [0.2, 0.25) is 0 Å². The molecular weight excluding hydrogens is 757 g/mol. The van der Waals surface area contributed by atoms with Gasteiger partial charge in [0.1, 0.15) is 13.2 Å². The zero-order chi connectivity index (χ0) is 44.4. The van der Waals surface area contributed by atoms with Gasteiger partial charge in [-0.25, -0.2) is 0 Å². The van der Waals surface area contributed by atoms with E-state index in [0.29, 0.717) is 19.3 Å². The second kappa shape index (κ2) is 50.5. The summed E-state index contributed by atoms with van der Waals surface area (Å²) in [5, 5.41) is 0. The third-order valence-electron chi connectivity index (χ3n) is 11.9. The first-order valence-electron chi connectivity index (χ1n) is 26.8. The summed E-state index contributed by atoms with van der Waals surface area (Å²) in [6.45, 7) is 6.60. The molecule has 0 saturated heterocycles. The summed E-state index contributed by atoms with van der Waals surface area (Å²) in [5.41, 5.74) is 0. The van der Waals surface area contributed by atoms with E-state index < -0.39 is 6.10 Å². The Morgan fingerprint density at radius 3 is 0.885 bits per heavy atom. The smallest absolute Gasteiger partial charge is 0.306 e. The highest BCUT2D eigenvalue weighted by Crippen LogP contribution is 2.16. The number of carbonyl (C=O) groups is 3. The molecule has 6 nitrogen and oxygen atoms in total. The summed E-state index contributed by atoms with van der Waals surface area (Å²) in [5.74, 6) is -0.879. The first-order valence-corrected chi connectivity index (χ1v) is 26.8. The Kier molecular flexibility index (Phi) is 48.8. The molecule has 0 aromatic heterocycles. The van der Waals surface area contributed by atoms with Crippen molar-refractivity contribution >= 4 is 17.9 Å². The van der Waals surface area contributed by atoms with E-state index >= 15 is 0 Å². The van der Waals surface area contributed by atoms with Gasteiger partial charge in [0.2, 0.25) is 0 Å². The number of ether oxygens (including phenoxy) is 3. The second-order valence-electron chi connectivity index (χ2n) is 18.1. The summed E-state index contributed by atoms with van der Waals surface area (Å²) in [4.78, 5) is 37.9. The van der Waals surface area contributed by atoms with Crippen molar-refractivity contribution in [3.05, 3.63) is 24.3 Å². The van der Waals surface area contributed by atoms with Gasteiger partial charge in [-0.1, -0.05) is 231 Å². The van der Waals surface area contributed by atoms with E-state index in [0.717, 1.165) is 70.6 Å². The molecule has 0 unspecified atom stereocenters. The highest BCUT2D eigenvalue weighted by atomic mass is 16.6. The monoisotopic (exact) mass is 859 g/mol. The lowest BCUT2D eigenvalue weighted by Gasteiger charge is -2.18. The van der Waals surface area contributed by atoms with Crippen LogP contribution in [0, 0.1) is 0 Å². The van der Waals surface area contributed by atoms with Gasteiger partial charge in [0, 0.05) is 19.3 Å². The van der Waals surface area contributed by atoms with Gasteiger partial charge in [0.25, 0.3) is 0 Å². The number of hydrogen-bond donors (Lipinski definition) is 0. The molecular formula is C55H102O6. The molecule has 0 amide bonds. The number of esters is 3. The lowest BCUT2D eigenvalue weighted by Crippen LogP contribution is -2.30. The molecule has 0 aromatic carbocycles. The van der Waals surface area contributed by atoms with E-state index in [2.05, 4.69) is 45.1 Å². The number of unbranched alkanes of at least 4 members (excludes halogenated alkanes) is 34. The molecule has 1 atom stereocenters. The first-order chi connectivity index (χ1) is 30.0. The predicted molar refractivity (Wildman–Crippen MR) is 261 cm³/mol. The third kappa shape index (κ3) is 48.8. The van der Waals surface area contributed by atoms with Crippen molar-refractivity contribution in [1.82, 2.24) is 0 Å². The minimum absolute atomic E-state index is 0.0734. The number of rotatable bonds is 49. The quantitative estimate of drug-likeness (QED) is 0.0262. The second-order valence-corrected chi connectivity index (χ2v) is 18.1. The highest BCUT2D eigenvalue weighted by Gasteiger charge is 2.19. The van der Waals surface area contributed by atoms with E-state index in [1.807, 2.05) is 0 Å². The van der Waals surface area contributed by atoms with Crippen molar-refractivity contribution < 1.29 is 28.6 Å². The van der Waals surface area contributed by atoms with Crippen LogP contribution in [0.3, 0.4) is 0 Å². The number of carbonyl (C=O) groups excluding carboxylic acids is 3. The Hall–Kier alpha value is -2.11.